The minimum absolute atomic E-state index is 0.0181. The lowest BCUT2D eigenvalue weighted by Gasteiger charge is -2.27. The fourth-order valence-electron chi connectivity index (χ4n) is 5.28. The van der Waals surface area contributed by atoms with Crippen molar-refractivity contribution in [3.8, 4) is 0 Å². The number of rotatable bonds is 4. The number of hydrogen-bond donors (Lipinski definition) is 0. The van der Waals surface area contributed by atoms with Gasteiger partial charge in [0.1, 0.15) is 12.1 Å². The lowest BCUT2D eigenvalue weighted by Crippen LogP contribution is -2.25. The largest absolute Gasteiger partial charge is 0.394 e. The normalized spacial score (nSPS) is 17.6. The number of fused-ring (bicyclic) bond motifs is 4. The Morgan fingerprint density at radius 3 is 2.63 bits per heavy atom. The number of anilines is 2. The highest BCUT2D eigenvalue weighted by Crippen LogP contribution is 2.60. The zero-order chi connectivity index (χ0) is 24.4. The van der Waals surface area contributed by atoms with Crippen LogP contribution in [0.5, 0.6) is 0 Å². The zero-order valence-electron chi connectivity index (χ0n) is 18.7. The van der Waals surface area contributed by atoms with E-state index in [1.165, 1.54) is 16.8 Å². The molecule has 0 unspecified atom stereocenters. The smallest absolute Gasteiger partial charge is 0.325 e. The van der Waals surface area contributed by atoms with Gasteiger partial charge in [-0.25, -0.2) is 8.78 Å². The number of aromatic nitrogens is 4. The van der Waals surface area contributed by atoms with Crippen molar-refractivity contribution in [1.82, 2.24) is 19.6 Å². The number of hydrogen-bond acceptors (Lipinski definition) is 4. The molecule has 1 aliphatic carbocycles. The lowest BCUT2D eigenvalue weighted by molar-refractivity contribution is -0.188. The first-order chi connectivity index (χ1) is 16.8. The molecule has 0 saturated heterocycles. The molecule has 2 aromatic heterocycles. The van der Waals surface area contributed by atoms with Gasteiger partial charge in [-0.1, -0.05) is 12.1 Å². The van der Waals surface area contributed by atoms with E-state index >= 15 is 4.39 Å². The first-order valence-electron chi connectivity index (χ1n) is 11.7. The molecule has 4 aromatic rings. The summed E-state index contributed by atoms with van der Waals surface area (Å²) < 4.78 is 71.5. The van der Waals surface area contributed by atoms with E-state index in [0.717, 1.165) is 35.7 Å². The molecule has 0 atom stereocenters. The number of aryl methyl sites for hydroxylation is 1. The molecule has 6 rings (SSSR count). The summed E-state index contributed by atoms with van der Waals surface area (Å²) >= 11 is 0. The third-order valence-electron chi connectivity index (χ3n) is 7.47. The van der Waals surface area contributed by atoms with Crippen LogP contribution in [0.15, 0.2) is 36.7 Å². The summed E-state index contributed by atoms with van der Waals surface area (Å²) in [6, 6.07) is 8.09. The Labute approximate surface area is 197 Å². The second kappa shape index (κ2) is 7.86. The van der Waals surface area contributed by atoms with Crippen LogP contribution in [0.1, 0.15) is 43.2 Å². The molecule has 2 aliphatic rings. The van der Waals surface area contributed by atoms with Crippen molar-refractivity contribution < 1.29 is 22.0 Å². The average molecular weight is 487 g/mol. The van der Waals surface area contributed by atoms with E-state index in [1.54, 1.807) is 0 Å². The predicted molar refractivity (Wildman–Crippen MR) is 121 cm³/mol. The van der Waals surface area contributed by atoms with Crippen molar-refractivity contribution in [1.29, 1.82) is 0 Å². The van der Waals surface area contributed by atoms with Crippen LogP contribution >= 0.6 is 0 Å². The van der Waals surface area contributed by atoms with Crippen LogP contribution in [0.25, 0.3) is 16.7 Å². The third-order valence-corrected chi connectivity index (χ3v) is 7.47. The fourth-order valence-corrected chi connectivity index (χ4v) is 5.28. The highest BCUT2D eigenvalue weighted by Gasteiger charge is 2.62. The van der Waals surface area contributed by atoms with Crippen LogP contribution in [0.3, 0.4) is 0 Å². The van der Waals surface area contributed by atoms with Crippen LogP contribution in [0.2, 0.25) is 0 Å². The molecule has 1 aliphatic heterocycles. The molecule has 1 fully saturated rings. The molecule has 1 saturated carbocycles. The van der Waals surface area contributed by atoms with Crippen molar-refractivity contribution in [2.75, 3.05) is 11.4 Å². The lowest BCUT2D eigenvalue weighted by atomic mass is 9.91. The van der Waals surface area contributed by atoms with Crippen LogP contribution in [0.4, 0.5) is 33.5 Å². The maximum atomic E-state index is 15.2. The minimum atomic E-state index is -4.19. The fraction of sp³-hybridized carbons (Fsp3) is 0.400. The van der Waals surface area contributed by atoms with Gasteiger partial charge in [0.15, 0.2) is 11.6 Å². The Hall–Kier alpha value is -3.30. The molecule has 182 valence electrons. The van der Waals surface area contributed by atoms with Crippen LogP contribution in [-0.2, 0) is 12.8 Å². The summed E-state index contributed by atoms with van der Waals surface area (Å²) in [5.41, 5.74) is 1.38. The summed E-state index contributed by atoms with van der Waals surface area (Å²) in [4.78, 5) is 6.40. The van der Waals surface area contributed by atoms with Gasteiger partial charge in [0.05, 0.1) is 16.3 Å². The van der Waals surface area contributed by atoms with Gasteiger partial charge in [0.25, 0.3) is 5.78 Å². The molecule has 35 heavy (non-hydrogen) atoms. The second-order valence-corrected chi connectivity index (χ2v) is 9.49. The standard InChI is InChI=1S/C25H22F5N5/c26-17-7-8-19-20(21(17)27)22(32-23-33-31-14-35(19)23)34-13-2-1-5-16-15(4-3-6-18(16)34)9-10-24(11-12-24)25(28,29)30/h3-4,6-8,14H,1-2,5,9-13H2. The zero-order valence-corrected chi connectivity index (χ0v) is 18.7. The predicted octanol–water partition coefficient (Wildman–Crippen LogP) is 6.31. The Morgan fingerprint density at radius 2 is 1.86 bits per heavy atom. The highest BCUT2D eigenvalue weighted by molar-refractivity contribution is 5.94. The SMILES string of the molecule is Fc1ccc2c(c(N3CCCCc4c(CCC5(C(F)(F)F)CC5)cccc43)nc3nncn32)c1F. The molecule has 3 heterocycles. The first kappa shape index (κ1) is 22.2. The molecule has 5 nitrogen and oxygen atoms in total. The number of alkyl halides is 3. The van der Waals surface area contributed by atoms with Crippen molar-refractivity contribution in [2.45, 2.75) is 51.1 Å². The summed E-state index contributed by atoms with van der Waals surface area (Å²) in [5, 5.41) is 7.89. The topological polar surface area (TPSA) is 46.3 Å². The van der Waals surface area contributed by atoms with Gasteiger partial charge < -0.3 is 4.90 Å². The van der Waals surface area contributed by atoms with Gasteiger partial charge in [-0.2, -0.15) is 18.2 Å². The van der Waals surface area contributed by atoms with E-state index in [-0.39, 0.29) is 36.2 Å². The van der Waals surface area contributed by atoms with Gasteiger partial charge in [0.2, 0.25) is 0 Å². The first-order valence-corrected chi connectivity index (χ1v) is 11.7. The Balaban J connectivity index is 1.48. The van der Waals surface area contributed by atoms with Gasteiger partial charge in [-0.3, -0.25) is 4.40 Å². The van der Waals surface area contributed by atoms with Crippen molar-refractivity contribution in [3.05, 3.63) is 59.4 Å². The van der Waals surface area contributed by atoms with Crippen molar-refractivity contribution in [2.24, 2.45) is 5.41 Å². The average Bonchev–Trinajstić information content (AvgIpc) is 3.55. The van der Waals surface area contributed by atoms with Crippen LogP contribution < -0.4 is 4.90 Å². The van der Waals surface area contributed by atoms with Gasteiger partial charge in [-0.05, 0) is 74.3 Å². The van der Waals surface area contributed by atoms with Gasteiger partial charge in [0, 0.05) is 12.2 Å². The maximum Gasteiger partial charge on any atom is 0.394 e. The molecule has 0 bridgehead atoms. The van der Waals surface area contributed by atoms with Crippen molar-refractivity contribution in [3.63, 3.8) is 0 Å². The summed E-state index contributed by atoms with van der Waals surface area (Å²) in [5.74, 6) is -1.52. The third kappa shape index (κ3) is 3.52. The maximum absolute atomic E-state index is 15.2. The molecule has 0 spiro atoms. The van der Waals surface area contributed by atoms with Gasteiger partial charge in [-0.15, -0.1) is 10.2 Å². The summed E-state index contributed by atoms with van der Waals surface area (Å²) in [7, 11) is 0. The molecular formula is C25H22F5N5. The quantitative estimate of drug-likeness (QED) is 0.317. The summed E-state index contributed by atoms with van der Waals surface area (Å²) in [6.45, 7) is 0.505. The van der Waals surface area contributed by atoms with Crippen molar-refractivity contribution >= 4 is 28.2 Å². The molecular weight excluding hydrogens is 465 g/mol. The van der Waals surface area contributed by atoms with Crippen LogP contribution in [0, 0.1) is 17.0 Å². The van der Waals surface area contributed by atoms with E-state index < -0.39 is 23.2 Å². The van der Waals surface area contributed by atoms with E-state index in [9.17, 15) is 17.6 Å². The molecule has 0 N–H and O–H groups in total. The highest BCUT2D eigenvalue weighted by atomic mass is 19.4. The summed E-state index contributed by atoms with van der Waals surface area (Å²) in [6.07, 6.45) is 0.218. The van der Waals surface area contributed by atoms with E-state index in [0.29, 0.717) is 24.9 Å². The number of nitrogens with zero attached hydrogens (tertiary/aromatic N) is 5. The van der Waals surface area contributed by atoms with Gasteiger partial charge >= 0.3 is 6.18 Å². The number of benzene rings is 2. The van der Waals surface area contributed by atoms with E-state index in [4.69, 9.17) is 0 Å². The Morgan fingerprint density at radius 1 is 1.03 bits per heavy atom. The Kier molecular flexibility index (Phi) is 4.98. The van der Waals surface area contributed by atoms with Crippen LogP contribution in [-0.4, -0.2) is 32.3 Å². The number of halogens is 5. The second-order valence-electron chi connectivity index (χ2n) is 9.49. The Bertz CT molecular complexity index is 1440. The minimum Gasteiger partial charge on any atom is -0.325 e. The molecule has 10 heteroatoms. The monoisotopic (exact) mass is 487 g/mol. The molecule has 0 radical (unpaired) electrons. The molecule has 2 aromatic carbocycles. The van der Waals surface area contributed by atoms with E-state index in [2.05, 4.69) is 15.2 Å². The molecule has 0 amide bonds. The van der Waals surface area contributed by atoms with E-state index in [1.807, 2.05) is 23.1 Å².